The molecule has 138 valence electrons. The summed E-state index contributed by atoms with van der Waals surface area (Å²) in [7, 11) is 0. The number of rotatable bonds is 4. The molecule has 4 rings (SSSR count). The van der Waals surface area contributed by atoms with Crippen molar-refractivity contribution in [3.8, 4) is 0 Å². The Morgan fingerprint density at radius 2 is 2.00 bits per heavy atom. The largest absolute Gasteiger partial charge is 0.369 e. The molecule has 3 heterocycles. The van der Waals surface area contributed by atoms with E-state index >= 15 is 0 Å². The molecule has 1 aliphatic rings. The summed E-state index contributed by atoms with van der Waals surface area (Å²) in [5, 5.41) is 7.26. The topological polar surface area (TPSA) is 62.7 Å². The maximum absolute atomic E-state index is 13.1. The fraction of sp³-hybridized carbons (Fsp3) is 0.250. The van der Waals surface area contributed by atoms with E-state index in [9.17, 15) is 4.39 Å². The third kappa shape index (κ3) is 3.71. The smallest absolute Gasteiger partial charge is 0.140 e. The van der Waals surface area contributed by atoms with Crippen molar-refractivity contribution in [2.45, 2.75) is 25.8 Å². The van der Waals surface area contributed by atoms with Crippen LogP contribution in [0.2, 0.25) is 5.02 Å². The third-order valence-corrected chi connectivity index (χ3v) is 4.86. The van der Waals surface area contributed by atoms with Gasteiger partial charge >= 0.3 is 0 Å². The van der Waals surface area contributed by atoms with Crippen molar-refractivity contribution in [1.82, 2.24) is 15.0 Å². The zero-order chi connectivity index (χ0) is 19.0. The van der Waals surface area contributed by atoms with Gasteiger partial charge in [0.25, 0.3) is 0 Å². The molecule has 0 radical (unpaired) electrons. The van der Waals surface area contributed by atoms with Gasteiger partial charge in [-0.15, -0.1) is 0 Å². The van der Waals surface area contributed by atoms with E-state index in [0.29, 0.717) is 11.6 Å². The minimum absolute atomic E-state index is 0.00669. The van der Waals surface area contributed by atoms with Crippen molar-refractivity contribution in [1.29, 1.82) is 0 Å². The van der Waals surface area contributed by atoms with E-state index in [1.165, 1.54) is 12.1 Å². The zero-order valence-corrected chi connectivity index (χ0v) is 15.8. The molecule has 27 heavy (non-hydrogen) atoms. The zero-order valence-electron chi connectivity index (χ0n) is 15.0. The lowest BCUT2D eigenvalue weighted by Crippen LogP contribution is -2.13. The van der Waals surface area contributed by atoms with Crippen LogP contribution in [0.25, 0.3) is 0 Å². The molecule has 1 unspecified atom stereocenters. The highest BCUT2D eigenvalue weighted by molar-refractivity contribution is 6.30. The second-order valence-electron chi connectivity index (χ2n) is 6.70. The molecule has 1 aromatic carbocycles. The van der Waals surface area contributed by atoms with Crippen LogP contribution < -0.4 is 10.6 Å². The number of fused-ring (bicyclic) bond motifs is 1. The Morgan fingerprint density at radius 3 is 2.78 bits per heavy atom. The first-order chi connectivity index (χ1) is 13.0. The number of anilines is 2. The molecule has 0 aliphatic carbocycles. The Morgan fingerprint density at radius 1 is 1.22 bits per heavy atom. The second kappa shape index (κ2) is 7.12. The maximum Gasteiger partial charge on any atom is 0.140 e. The number of pyridine rings is 1. The van der Waals surface area contributed by atoms with E-state index in [-0.39, 0.29) is 17.8 Å². The Bertz CT molecular complexity index is 977. The van der Waals surface area contributed by atoms with Crippen molar-refractivity contribution in [3.05, 3.63) is 76.1 Å². The van der Waals surface area contributed by atoms with Crippen molar-refractivity contribution >= 4 is 23.2 Å². The summed E-state index contributed by atoms with van der Waals surface area (Å²) in [5.41, 5.74) is 2.86. The van der Waals surface area contributed by atoms with E-state index in [1.807, 2.05) is 26.0 Å². The summed E-state index contributed by atoms with van der Waals surface area (Å²) in [4.78, 5) is 13.7. The van der Waals surface area contributed by atoms with Crippen LogP contribution in [0.5, 0.6) is 0 Å². The fourth-order valence-corrected chi connectivity index (χ4v) is 3.45. The number of hydrogen-bond donors (Lipinski definition) is 2. The van der Waals surface area contributed by atoms with Crippen LogP contribution in [-0.2, 0) is 0 Å². The van der Waals surface area contributed by atoms with E-state index in [0.717, 1.165) is 34.3 Å². The molecule has 1 aliphatic heterocycles. The van der Waals surface area contributed by atoms with E-state index < -0.39 is 0 Å². The highest BCUT2D eigenvalue weighted by atomic mass is 35.5. The summed E-state index contributed by atoms with van der Waals surface area (Å²) < 4.78 is 13.1. The number of benzene rings is 1. The molecule has 0 saturated carbocycles. The van der Waals surface area contributed by atoms with Gasteiger partial charge in [0.1, 0.15) is 23.3 Å². The summed E-state index contributed by atoms with van der Waals surface area (Å²) >= 11 is 6.12. The molecule has 5 nitrogen and oxygen atoms in total. The van der Waals surface area contributed by atoms with Gasteiger partial charge in [0.15, 0.2) is 0 Å². The van der Waals surface area contributed by atoms with Crippen LogP contribution in [0.3, 0.4) is 0 Å². The van der Waals surface area contributed by atoms with Crippen LogP contribution in [0.4, 0.5) is 16.0 Å². The standard InChI is InChI=1S/C20H19ClFN5/c1-11-7-18(26-12(2)13-3-5-15(22)6-4-13)27-20(25-11)17-10-24-19-16(17)8-14(21)9-23-19/h3-9,12,17H,10H2,1-2H3,(H,23,24)(H,25,26,27)/t12-,17?/m0/s1. The van der Waals surface area contributed by atoms with Crippen LogP contribution in [0.1, 0.15) is 41.5 Å². The minimum atomic E-state index is -0.245. The van der Waals surface area contributed by atoms with Gasteiger partial charge in [0.05, 0.1) is 10.9 Å². The lowest BCUT2D eigenvalue weighted by atomic mass is 10.0. The first-order valence-corrected chi connectivity index (χ1v) is 9.14. The number of aryl methyl sites for hydroxylation is 1. The van der Waals surface area contributed by atoms with Crippen LogP contribution >= 0.6 is 11.6 Å². The number of aromatic nitrogens is 3. The Labute approximate surface area is 162 Å². The van der Waals surface area contributed by atoms with Crippen LogP contribution in [0, 0.1) is 12.7 Å². The first-order valence-electron chi connectivity index (χ1n) is 8.76. The summed E-state index contributed by atoms with van der Waals surface area (Å²) in [6, 6.07) is 10.3. The van der Waals surface area contributed by atoms with Crippen LogP contribution in [0.15, 0.2) is 42.6 Å². The minimum Gasteiger partial charge on any atom is -0.369 e. The van der Waals surface area contributed by atoms with Crippen molar-refractivity contribution in [2.75, 3.05) is 17.2 Å². The van der Waals surface area contributed by atoms with Gasteiger partial charge in [-0.3, -0.25) is 0 Å². The predicted molar refractivity (Wildman–Crippen MR) is 105 cm³/mol. The highest BCUT2D eigenvalue weighted by Crippen LogP contribution is 2.35. The van der Waals surface area contributed by atoms with Gasteiger partial charge in [-0.2, -0.15) is 0 Å². The average molecular weight is 384 g/mol. The third-order valence-electron chi connectivity index (χ3n) is 4.65. The normalized spacial score (nSPS) is 16.5. The molecule has 0 bridgehead atoms. The Kier molecular flexibility index (Phi) is 4.66. The van der Waals surface area contributed by atoms with E-state index in [2.05, 4.69) is 20.6 Å². The Hall–Kier alpha value is -2.73. The molecule has 0 saturated heterocycles. The lowest BCUT2D eigenvalue weighted by Gasteiger charge is -2.17. The quantitative estimate of drug-likeness (QED) is 0.683. The molecular weight excluding hydrogens is 365 g/mol. The number of nitrogens with zero attached hydrogens (tertiary/aromatic N) is 3. The molecule has 0 amide bonds. The van der Waals surface area contributed by atoms with Gasteiger partial charge in [0, 0.05) is 36.1 Å². The van der Waals surface area contributed by atoms with E-state index in [1.54, 1.807) is 18.3 Å². The van der Waals surface area contributed by atoms with E-state index in [4.69, 9.17) is 16.6 Å². The molecule has 2 aromatic heterocycles. The van der Waals surface area contributed by atoms with Crippen molar-refractivity contribution in [2.24, 2.45) is 0 Å². The van der Waals surface area contributed by atoms with Crippen LogP contribution in [-0.4, -0.2) is 21.5 Å². The molecule has 3 aromatic rings. The summed E-state index contributed by atoms with van der Waals surface area (Å²) in [6.07, 6.45) is 1.63. The molecule has 0 spiro atoms. The Balaban J connectivity index is 1.61. The maximum atomic E-state index is 13.1. The molecule has 7 heteroatoms. The van der Waals surface area contributed by atoms with Gasteiger partial charge in [-0.1, -0.05) is 23.7 Å². The van der Waals surface area contributed by atoms with Crippen molar-refractivity contribution < 1.29 is 4.39 Å². The van der Waals surface area contributed by atoms with Gasteiger partial charge in [-0.25, -0.2) is 19.3 Å². The van der Waals surface area contributed by atoms with Gasteiger partial charge in [-0.05, 0) is 37.6 Å². The number of hydrogen-bond acceptors (Lipinski definition) is 5. The van der Waals surface area contributed by atoms with Gasteiger partial charge in [0.2, 0.25) is 0 Å². The predicted octanol–water partition coefficient (Wildman–Crippen LogP) is 4.70. The highest BCUT2D eigenvalue weighted by Gasteiger charge is 2.28. The SMILES string of the molecule is Cc1cc(N[C@@H](C)c2ccc(F)cc2)nc(C2CNc3ncc(Cl)cc32)n1. The molecular formula is C20H19ClFN5. The monoisotopic (exact) mass is 383 g/mol. The van der Waals surface area contributed by atoms with Crippen molar-refractivity contribution in [3.63, 3.8) is 0 Å². The number of halogens is 2. The fourth-order valence-electron chi connectivity index (χ4n) is 3.29. The lowest BCUT2D eigenvalue weighted by molar-refractivity contribution is 0.626. The average Bonchev–Trinajstić information content (AvgIpc) is 3.04. The summed E-state index contributed by atoms with van der Waals surface area (Å²) in [6.45, 7) is 4.64. The molecule has 2 atom stereocenters. The second-order valence-corrected chi connectivity index (χ2v) is 7.13. The van der Waals surface area contributed by atoms with Gasteiger partial charge < -0.3 is 10.6 Å². The molecule has 2 N–H and O–H groups in total. The first kappa shape index (κ1) is 17.7. The summed E-state index contributed by atoms with van der Waals surface area (Å²) in [5.74, 6) is 2.03. The number of nitrogens with one attached hydrogen (secondary N) is 2. The molecule has 0 fully saturated rings.